The molecule has 0 saturated carbocycles. The molecule has 0 fully saturated rings. The van der Waals surface area contributed by atoms with Gasteiger partial charge in [0.25, 0.3) is 0 Å². The predicted octanol–water partition coefficient (Wildman–Crippen LogP) is 0.873. The van der Waals surface area contributed by atoms with Crippen molar-refractivity contribution in [2.75, 3.05) is 18.4 Å². The van der Waals surface area contributed by atoms with Gasteiger partial charge in [-0.1, -0.05) is 25.4 Å². The van der Waals surface area contributed by atoms with Crippen molar-refractivity contribution >= 4 is 29.3 Å². The summed E-state index contributed by atoms with van der Waals surface area (Å²) in [6.07, 6.45) is 2.00. The first-order valence-electron chi connectivity index (χ1n) is 6.81. The number of carboxylic acid groups (broad SMARTS) is 1. The summed E-state index contributed by atoms with van der Waals surface area (Å²) in [6, 6.07) is 3.67. The monoisotopic (exact) mass is 315 g/mol. The molecule has 0 aliphatic heterocycles. The lowest BCUT2D eigenvalue weighted by atomic mass is 10.2. The topological polar surface area (TPSA) is 109 Å². The zero-order chi connectivity index (χ0) is 16.3. The van der Waals surface area contributed by atoms with E-state index in [0.717, 1.165) is 13.0 Å². The number of nitrogens with one attached hydrogen (secondary N) is 2. The first kappa shape index (κ1) is 19.2. The number of carbonyl (C=O) groups excluding carboxylic acids is 2. The summed E-state index contributed by atoms with van der Waals surface area (Å²) >= 11 is 5.66. The molecular formula is C14H22ClN3O3. The molecule has 6 nitrogen and oxygen atoms in total. The van der Waals surface area contributed by atoms with Crippen LogP contribution in [0.25, 0.3) is 0 Å². The molecule has 2 amide bonds. The number of hydrogen-bond donors (Lipinski definition) is 3. The number of halogens is 1. The zero-order valence-corrected chi connectivity index (χ0v) is 13.1. The van der Waals surface area contributed by atoms with Crippen LogP contribution in [0.15, 0.2) is 18.2 Å². The Kier molecular flexibility index (Phi) is 10.0. The summed E-state index contributed by atoms with van der Waals surface area (Å²) in [6.45, 7) is 5.61. The normalized spacial score (nSPS) is 9.33. The summed E-state index contributed by atoms with van der Waals surface area (Å²) in [4.78, 5) is 22.2. The van der Waals surface area contributed by atoms with E-state index in [4.69, 9.17) is 11.6 Å². The number of carboxylic acids is 1. The van der Waals surface area contributed by atoms with Gasteiger partial charge < -0.3 is 26.3 Å². The highest BCUT2D eigenvalue weighted by Gasteiger charge is 2.07. The third-order valence-electron chi connectivity index (χ3n) is 2.34. The SMILES string of the molecule is CCCNC(=O)Nc1ccc(Cl)cc1C(=O)[O-].CCC[NH3+]. The number of aromatic carboxylic acids is 1. The molecule has 7 heteroatoms. The number of carbonyl (C=O) groups is 2. The second-order valence-corrected chi connectivity index (χ2v) is 4.65. The van der Waals surface area contributed by atoms with Crippen LogP contribution in [-0.4, -0.2) is 25.1 Å². The number of rotatable bonds is 5. The molecule has 0 bridgehead atoms. The van der Waals surface area contributed by atoms with Crippen LogP contribution >= 0.6 is 11.6 Å². The van der Waals surface area contributed by atoms with E-state index in [0.29, 0.717) is 6.54 Å². The Morgan fingerprint density at radius 1 is 1.29 bits per heavy atom. The van der Waals surface area contributed by atoms with E-state index in [1.54, 1.807) is 0 Å². The lowest BCUT2D eigenvalue weighted by Gasteiger charge is -2.12. The van der Waals surface area contributed by atoms with Crippen LogP contribution in [0.1, 0.15) is 37.0 Å². The van der Waals surface area contributed by atoms with Crippen LogP contribution in [0, 0.1) is 0 Å². The van der Waals surface area contributed by atoms with E-state index in [9.17, 15) is 14.7 Å². The number of hydrogen-bond acceptors (Lipinski definition) is 3. The summed E-state index contributed by atoms with van der Waals surface area (Å²) < 4.78 is 0. The number of anilines is 1. The van der Waals surface area contributed by atoms with Gasteiger partial charge in [-0.2, -0.15) is 0 Å². The average Bonchev–Trinajstić information content (AvgIpc) is 2.47. The maximum Gasteiger partial charge on any atom is 0.319 e. The second-order valence-electron chi connectivity index (χ2n) is 4.21. The minimum Gasteiger partial charge on any atom is -0.545 e. The highest BCUT2D eigenvalue weighted by molar-refractivity contribution is 6.31. The van der Waals surface area contributed by atoms with Gasteiger partial charge in [0.2, 0.25) is 0 Å². The van der Waals surface area contributed by atoms with Gasteiger partial charge in [-0.3, -0.25) is 0 Å². The van der Waals surface area contributed by atoms with E-state index in [1.807, 2.05) is 6.92 Å². The summed E-state index contributed by atoms with van der Waals surface area (Å²) in [5.74, 6) is -1.39. The van der Waals surface area contributed by atoms with Crippen molar-refractivity contribution < 1.29 is 20.4 Å². The fraction of sp³-hybridized carbons (Fsp3) is 0.429. The molecule has 0 radical (unpaired) electrons. The summed E-state index contributed by atoms with van der Waals surface area (Å²) in [5.41, 5.74) is 3.61. The summed E-state index contributed by atoms with van der Waals surface area (Å²) in [5, 5.41) is 16.1. The van der Waals surface area contributed by atoms with Gasteiger partial charge in [-0.25, -0.2) is 4.79 Å². The largest absolute Gasteiger partial charge is 0.545 e. The molecule has 21 heavy (non-hydrogen) atoms. The van der Waals surface area contributed by atoms with Gasteiger partial charge in [0.1, 0.15) is 0 Å². The van der Waals surface area contributed by atoms with E-state index >= 15 is 0 Å². The second kappa shape index (κ2) is 10.9. The Hall–Kier alpha value is -1.79. The standard InChI is InChI=1S/C11H13ClN2O3.C3H9N/c1-2-5-13-11(17)14-9-4-3-7(12)6-8(9)10(15)16;1-2-3-4/h3-4,6H,2,5H2,1H3,(H,15,16)(H2,13,14,17);2-4H2,1H3. The Labute approximate surface area is 129 Å². The molecule has 0 aromatic heterocycles. The van der Waals surface area contributed by atoms with E-state index in [1.165, 1.54) is 24.6 Å². The van der Waals surface area contributed by atoms with Crippen LogP contribution in [0.3, 0.4) is 0 Å². The van der Waals surface area contributed by atoms with Crippen molar-refractivity contribution in [1.82, 2.24) is 5.32 Å². The molecule has 0 aliphatic carbocycles. The third kappa shape index (κ3) is 8.16. The van der Waals surface area contributed by atoms with Crippen molar-refractivity contribution in [2.45, 2.75) is 26.7 Å². The van der Waals surface area contributed by atoms with Gasteiger partial charge in [0, 0.05) is 17.1 Å². The molecule has 0 saturated heterocycles. The van der Waals surface area contributed by atoms with E-state index < -0.39 is 12.0 Å². The minimum absolute atomic E-state index is 0.149. The lowest BCUT2D eigenvalue weighted by Crippen LogP contribution is -2.49. The minimum atomic E-state index is -1.39. The molecule has 0 unspecified atom stereocenters. The number of amides is 2. The Morgan fingerprint density at radius 3 is 2.38 bits per heavy atom. The van der Waals surface area contributed by atoms with Crippen molar-refractivity contribution in [3.05, 3.63) is 28.8 Å². The fourth-order valence-electron chi connectivity index (χ4n) is 1.20. The molecule has 0 spiro atoms. The molecule has 5 N–H and O–H groups in total. The lowest BCUT2D eigenvalue weighted by molar-refractivity contribution is -0.367. The third-order valence-corrected chi connectivity index (χ3v) is 2.57. The van der Waals surface area contributed by atoms with Gasteiger partial charge in [-0.15, -0.1) is 0 Å². The van der Waals surface area contributed by atoms with Crippen LogP contribution < -0.4 is 21.5 Å². The molecule has 118 valence electrons. The van der Waals surface area contributed by atoms with Crippen LogP contribution in [0.4, 0.5) is 10.5 Å². The first-order chi connectivity index (χ1) is 9.96. The number of quaternary nitrogens is 1. The predicted molar refractivity (Wildman–Crippen MR) is 81.1 cm³/mol. The number of urea groups is 1. The Bertz CT molecular complexity index is 465. The maximum absolute atomic E-state index is 11.4. The highest BCUT2D eigenvalue weighted by Crippen LogP contribution is 2.19. The molecule has 1 aromatic rings. The highest BCUT2D eigenvalue weighted by atomic mass is 35.5. The average molecular weight is 316 g/mol. The maximum atomic E-state index is 11.4. The smallest absolute Gasteiger partial charge is 0.319 e. The molecule has 1 aromatic carbocycles. The van der Waals surface area contributed by atoms with Crippen molar-refractivity contribution in [3.63, 3.8) is 0 Å². The number of benzene rings is 1. The molecule has 0 aliphatic rings. The van der Waals surface area contributed by atoms with Crippen LogP contribution in [0.5, 0.6) is 0 Å². The van der Waals surface area contributed by atoms with Gasteiger partial charge in [0.05, 0.1) is 18.2 Å². The molecule has 1 rings (SSSR count). The van der Waals surface area contributed by atoms with Gasteiger partial charge in [-0.05, 0) is 31.0 Å². The van der Waals surface area contributed by atoms with Crippen LogP contribution in [0.2, 0.25) is 5.02 Å². The van der Waals surface area contributed by atoms with E-state index in [2.05, 4.69) is 23.3 Å². The Morgan fingerprint density at radius 2 is 1.90 bits per heavy atom. The van der Waals surface area contributed by atoms with Crippen molar-refractivity contribution in [1.29, 1.82) is 0 Å². The molecule has 0 heterocycles. The van der Waals surface area contributed by atoms with Crippen molar-refractivity contribution in [3.8, 4) is 0 Å². The van der Waals surface area contributed by atoms with E-state index in [-0.39, 0.29) is 16.3 Å². The summed E-state index contributed by atoms with van der Waals surface area (Å²) in [7, 11) is 0. The fourth-order valence-corrected chi connectivity index (χ4v) is 1.37. The molecular weight excluding hydrogens is 294 g/mol. The molecule has 0 atom stereocenters. The van der Waals surface area contributed by atoms with Gasteiger partial charge >= 0.3 is 6.03 Å². The van der Waals surface area contributed by atoms with Crippen molar-refractivity contribution in [2.24, 2.45) is 0 Å². The van der Waals surface area contributed by atoms with Crippen LogP contribution in [-0.2, 0) is 0 Å². The quantitative estimate of drug-likeness (QED) is 0.750. The zero-order valence-electron chi connectivity index (χ0n) is 12.4. The Balaban J connectivity index is 0.000000885. The van der Waals surface area contributed by atoms with Gasteiger partial charge in [0.15, 0.2) is 0 Å². The first-order valence-corrected chi connectivity index (χ1v) is 7.19.